The largest absolute Gasteiger partial charge is 0.294 e. The number of alkyl halides is 2. The van der Waals surface area contributed by atoms with Crippen LogP contribution in [0.5, 0.6) is 0 Å². The number of pyridine rings is 1. The Balaban J connectivity index is 1.58. The number of hydrogen-bond donors (Lipinski definition) is 0. The topological polar surface area (TPSA) is 30.0 Å². The minimum Gasteiger partial charge on any atom is -0.294 e. The first-order chi connectivity index (χ1) is 13.5. The van der Waals surface area contributed by atoms with Gasteiger partial charge in [0.1, 0.15) is 5.69 Å². The fraction of sp³-hybridized carbons (Fsp3) is 0.478. The second-order valence-electron chi connectivity index (χ2n) is 7.70. The molecule has 28 heavy (non-hydrogen) atoms. The third-order valence-electron chi connectivity index (χ3n) is 6.01. The molecule has 0 bridgehead atoms. The van der Waals surface area contributed by atoms with Gasteiger partial charge in [0.15, 0.2) is 5.78 Å². The molecule has 3 rings (SSSR count). The Bertz CT molecular complexity index is 785. The van der Waals surface area contributed by atoms with E-state index >= 15 is 0 Å². The minimum absolute atomic E-state index is 0.139. The third kappa shape index (κ3) is 5.16. The summed E-state index contributed by atoms with van der Waals surface area (Å²) in [5, 5.41) is 0.631. The van der Waals surface area contributed by atoms with Gasteiger partial charge in [-0.05, 0) is 73.9 Å². The van der Waals surface area contributed by atoms with Gasteiger partial charge in [-0.3, -0.25) is 9.78 Å². The number of carbonyl (C=O) groups is 1. The van der Waals surface area contributed by atoms with Crippen molar-refractivity contribution in [3.05, 3.63) is 64.4 Å². The number of hydrogen-bond acceptors (Lipinski definition) is 2. The van der Waals surface area contributed by atoms with Crippen LogP contribution in [0.3, 0.4) is 0 Å². The van der Waals surface area contributed by atoms with Crippen molar-refractivity contribution in [3.63, 3.8) is 0 Å². The second kappa shape index (κ2) is 9.60. The molecule has 0 radical (unpaired) electrons. The van der Waals surface area contributed by atoms with Crippen LogP contribution in [0, 0.1) is 11.8 Å². The Morgan fingerprint density at radius 2 is 1.79 bits per heavy atom. The number of rotatable bonds is 7. The lowest BCUT2D eigenvalue weighted by atomic mass is 9.72. The van der Waals surface area contributed by atoms with Gasteiger partial charge in [0.2, 0.25) is 0 Å². The smallest absolute Gasteiger partial charge is 0.280 e. The van der Waals surface area contributed by atoms with Gasteiger partial charge >= 0.3 is 0 Å². The molecule has 0 saturated heterocycles. The maximum Gasteiger partial charge on any atom is 0.280 e. The lowest BCUT2D eigenvalue weighted by Gasteiger charge is -2.33. The quantitative estimate of drug-likeness (QED) is 0.454. The Morgan fingerprint density at radius 3 is 2.39 bits per heavy atom. The maximum atomic E-state index is 12.9. The molecule has 1 heterocycles. The molecule has 2 aromatic rings. The molecule has 0 spiro atoms. The molecule has 5 heteroatoms. The predicted octanol–water partition coefficient (Wildman–Crippen LogP) is 7.25. The normalized spacial score (nSPS) is 20.9. The molecule has 2 nitrogen and oxygen atoms in total. The van der Waals surface area contributed by atoms with Crippen molar-refractivity contribution in [1.29, 1.82) is 0 Å². The van der Waals surface area contributed by atoms with Gasteiger partial charge in [-0.15, -0.1) is 0 Å². The summed E-state index contributed by atoms with van der Waals surface area (Å²) in [6.45, 7) is 2.14. The van der Waals surface area contributed by atoms with Crippen LogP contribution in [0.1, 0.15) is 79.5 Å². The van der Waals surface area contributed by atoms with E-state index in [1.165, 1.54) is 6.07 Å². The summed E-state index contributed by atoms with van der Waals surface area (Å²) in [4.78, 5) is 16.8. The van der Waals surface area contributed by atoms with E-state index in [0.717, 1.165) is 37.8 Å². The van der Waals surface area contributed by atoms with E-state index in [-0.39, 0.29) is 17.4 Å². The molecule has 1 aromatic heterocycles. The van der Waals surface area contributed by atoms with E-state index in [1.807, 2.05) is 6.07 Å². The van der Waals surface area contributed by atoms with Crippen LogP contribution in [-0.2, 0) is 0 Å². The highest BCUT2D eigenvalue weighted by Gasteiger charge is 2.29. The fourth-order valence-electron chi connectivity index (χ4n) is 4.34. The van der Waals surface area contributed by atoms with E-state index < -0.39 is 6.43 Å². The predicted molar refractivity (Wildman–Crippen MR) is 108 cm³/mol. The molecule has 1 aliphatic rings. The Labute approximate surface area is 170 Å². The van der Waals surface area contributed by atoms with Crippen LogP contribution in [-0.4, -0.2) is 10.8 Å². The van der Waals surface area contributed by atoms with Gasteiger partial charge in [0.25, 0.3) is 6.43 Å². The maximum absolute atomic E-state index is 12.9. The minimum atomic E-state index is -2.53. The Kier molecular flexibility index (Phi) is 7.17. The van der Waals surface area contributed by atoms with Gasteiger partial charge in [-0.1, -0.05) is 31.0 Å². The summed E-state index contributed by atoms with van der Waals surface area (Å²) in [5.74, 6) is 1.25. The highest BCUT2D eigenvalue weighted by Crippen LogP contribution is 2.40. The van der Waals surface area contributed by atoms with Crippen molar-refractivity contribution < 1.29 is 13.6 Å². The lowest BCUT2D eigenvalue weighted by Crippen LogP contribution is -2.23. The van der Waals surface area contributed by atoms with Crippen LogP contribution >= 0.6 is 11.6 Å². The van der Waals surface area contributed by atoms with Crippen LogP contribution in [0.15, 0.2) is 42.5 Å². The first-order valence-electron chi connectivity index (χ1n) is 10.0. The summed E-state index contributed by atoms with van der Waals surface area (Å²) >= 11 is 5.90. The molecule has 0 aliphatic heterocycles. The van der Waals surface area contributed by atoms with E-state index in [4.69, 9.17) is 11.6 Å². The second-order valence-corrected chi connectivity index (χ2v) is 8.14. The van der Waals surface area contributed by atoms with Crippen molar-refractivity contribution in [2.24, 2.45) is 11.8 Å². The van der Waals surface area contributed by atoms with Crippen molar-refractivity contribution in [1.82, 2.24) is 4.98 Å². The van der Waals surface area contributed by atoms with Crippen LogP contribution in [0.4, 0.5) is 8.78 Å². The third-order valence-corrected chi connectivity index (χ3v) is 6.26. The average molecular weight is 406 g/mol. The summed E-state index contributed by atoms with van der Waals surface area (Å²) < 4.78 is 25.8. The van der Waals surface area contributed by atoms with Crippen LogP contribution in [0.2, 0.25) is 5.02 Å². The van der Waals surface area contributed by atoms with E-state index in [2.05, 4.69) is 11.9 Å². The number of aromatic nitrogens is 1. The molecule has 150 valence electrons. The molecule has 1 aliphatic carbocycles. The van der Waals surface area contributed by atoms with Crippen molar-refractivity contribution >= 4 is 17.4 Å². The molecule has 1 atom stereocenters. The first-order valence-corrected chi connectivity index (χ1v) is 10.4. The van der Waals surface area contributed by atoms with Gasteiger partial charge in [-0.25, -0.2) is 8.78 Å². The average Bonchev–Trinajstić information content (AvgIpc) is 2.72. The zero-order valence-corrected chi connectivity index (χ0v) is 16.8. The molecule has 0 N–H and O–H groups in total. The number of halogens is 3. The van der Waals surface area contributed by atoms with E-state index in [1.54, 1.807) is 30.3 Å². The molecule has 1 fully saturated rings. The van der Waals surface area contributed by atoms with Gasteiger partial charge in [0.05, 0.1) is 0 Å². The Morgan fingerprint density at radius 1 is 1.11 bits per heavy atom. The number of ketones is 1. The van der Waals surface area contributed by atoms with Crippen molar-refractivity contribution in [3.8, 4) is 0 Å². The summed E-state index contributed by atoms with van der Waals surface area (Å²) in [5.41, 5.74) is 1.35. The van der Waals surface area contributed by atoms with Gasteiger partial charge in [0, 0.05) is 28.6 Å². The van der Waals surface area contributed by atoms with E-state index in [9.17, 15) is 13.6 Å². The zero-order chi connectivity index (χ0) is 20.1. The monoisotopic (exact) mass is 405 g/mol. The molecular weight excluding hydrogens is 380 g/mol. The molecule has 0 amide bonds. The molecular formula is C23H26ClF2NO. The van der Waals surface area contributed by atoms with Crippen molar-refractivity contribution in [2.75, 3.05) is 0 Å². The number of benzene rings is 1. The number of Topliss-reactive ketones (excluding diaryl/α,β-unsaturated/α-hetero) is 1. The molecule has 0 unspecified atom stereocenters. The van der Waals surface area contributed by atoms with Gasteiger partial charge < -0.3 is 0 Å². The number of carbonyl (C=O) groups excluding carboxylic acids is 1. The number of nitrogens with zero attached hydrogens (tertiary/aromatic N) is 1. The highest BCUT2D eigenvalue weighted by atomic mass is 35.5. The van der Waals surface area contributed by atoms with E-state index in [0.29, 0.717) is 28.8 Å². The SMILES string of the molecule is CC[C@H](CC(=O)c1ccc(Cl)cc1)C1CCC(c2cccc(C(F)F)n2)CC1. The van der Waals surface area contributed by atoms with Gasteiger partial charge in [-0.2, -0.15) is 0 Å². The van der Waals surface area contributed by atoms with Crippen LogP contribution in [0.25, 0.3) is 0 Å². The zero-order valence-electron chi connectivity index (χ0n) is 16.1. The van der Waals surface area contributed by atoms with Crippen molar-refractivity contribution in [2.45, 2.75) is 57.8 Å². The van der Waals surface area contributed by atoms with Crippen LogP contribution < -0.4 is 0 Å². The summed E-state index contributed by atoms with van der Waals surface area (Å²) in [6, 6.07) is 12.0. The molecule has 1 aromatic carbocycles. The standard InChI is InChI=1S/C23H26ClF2NO/c1-2-15(14-22(28)18-10-12-19(24)13-11-18)16-6-8-17(9-7-16)20-4-3-5-21(27-20)23(25)26/h3-5,10-13,15-17,23H,2,6-9,14H2,1H3/t15-,16?,17?/m1/s1. The summed E-state index contributed by atoms with van der Waals surface area (Å²) in [7, 11) is 0. The first kappa shape index (κ1) is 20.9. The summed E-state index contributed by atoms with van der Waals surface area (Å²) in [6.07, 6.45) is 2.89. The fourth-order valence-corrected chi connectivity index (χ4v) is 4.47. The highest BCUT2D eigenvalue weighted by molar-refractivity contribution is 6.30. The lowest BCUT2D eigenvalue weighted by molar-refractivity contribution is 0.0925. The Hall–Kier alpha value is -1.81. The molecule has 1 saturated carbocycles.